The van der Waals surface area contributed by atoms with E-state index in [1.807, 2.05) is 0 Å². The van der Waals surface area contributed by atoms with E-state index in [2.05, 4.69) is 5.32 Å². The van der Waals surface area contributed by atoms with Crippen molar-refractivity contribution in [3.05, 3.63) is 29.1 Å². The van der Waals surface area contributed by atoms with Crippen molar-refractivity contribution < 1.29 is 23.6 Å². The maximum absolute atomic E-state index is 14.3. The highest BCUT2D eigenvalue weighted by Crippen LogP contribution is 2.33. The fraction of sp³-hybridized carbons (Fsp3) is 0.375. The third kappa shape index (κ3) is 2.02. The van der Waals surface area contributed by atoms with Crippen molar-refractivity contribution in [3.8, 4) is 0 Å². The van der Waals surface area contributed by atoms with Gasteiger partial charge in [-0.1, -0.05) is 0 Å². The number of nitrogens with one attached hydrogen (secondary N) is 1. The second-order valence-corrected chi connectivity index (χ2v) is 6.14. The van der Waals surface area contributed by atoms with Gasteiger partial charge in [0.2, 0.25) is 11.8 Å². The maximum atomic E-state index is 14.3. The van der Waals surface area contributed by atoms with Crippen LogP contribution in [0, 0.1) is 5.82 Å². The van der Waals surface area contributed by atoms with Crippen LogP contribution in [0.2, 0.25) is 0 Å². The van der Waals surface area contributed by atoms with E-state index in [-0.39, 0.29) is 24.0 Å². The SMILES string of the molecule is O=C1CCC(N2C(=O)c3cc(F)c(N4CCC4)cc3C2=O)C(=O)N1. The fourth-order valence-corrected chi connectivity index (χ4v) is 3.28. The molecule has 1 N–H and O–H groups in total. The van der Waals surface area contributed by atoms with E-state index >= 15 is 0 Å². The summed E-state index contributed by atoms with van der Waals surface area (Å²) in [5.74, 6) is -2.98. The Morgan fingerprint density at radius 2 is 1.71 bits per heavy atom. The largest absolute Gasteiger partial charge is 0.369 e. The van der Waals surface area contributed by atoms with Gasteiger partial charge in [0.05, 0.1) is 16.8 Å². The summed E-state index contributed by atoms with van der Waals surface area (Å²) in [6.45, 7) is 1.41. The number of anilines is 1. The quantitative estimate of drug-likeness (QED) is 0.795. The lowest BCUT2D eigenvalue weighted by Gasteiger charge is -2.33. The van der Waals surface area contributed by atoms with Crippen LogP contribution < -0.4 is 10.2 Å². The highest BCUT2D eigenvalue weighted by molar-refractivity contribution is 6.23. The van der Waals surface area contributed by atoms with Crippen molar-refractivity contribution in [3.63, 3.8) is 0 Å². The molecular formula is C16H14FN3O4. The molecule has 3 heterocycles. The minimum atomic E-state index is -1.04. The minimum absolute atomic E-state index is 0.0357. The molecular weight excluding hydrogens is 317 g/mol. The predicted octanol–water partition coefficient (Wildman–Crippen LogP) is 0.437. The smallest absolute Gasteiger partial charge is 0.262 e. The lowest BCUT2D eigenvalue weighted by Crippen LogP contribution is -2.54. The minimum Gasteiger partial charge on any atom is -0.369 e. The molecule has 7 nitrogen and oxygen atoms in total. The van der Waals surface area contributed by atoms with E-state index in [9.17, 15) is 23.6 Å². The molecule has 1 aromatic carbocycles. The molecule has 1 unspecified atom stereocenters. The van der Waals surface area contributed by atoms with Crippen molar-refractivity contribution in [2.75, 3.05) is 18.0 Å². The van der Waals surface area contributed by atoms with Crippen LogP contribution in [0.1, 0.15) is 40.0 Å². The molecule has 4 amide bonds. The van der Waals surface area contributed by atoms with E-state index in [0.29, 0.717) is 18.8 Å². The molecule has 124 valence electrons. The van der Waals surface area contributed by atoms with Gasteiger partial charge in [0, 0.05) is 19.5 Å². The van der Waals surface area contributed by atoms with Gasteiger partial charge in [0.25, 0.3) is 11.8 Å². The topological polar surface area (TPSA) is 86.8 Å². The van der Waals surface area contributed by atoms with E-state index in [4.69, 9.17) is 0 Å². The lowest BCUT2D eigenvalue weighted by molar-refractivity contribution is -0.136. The Hall–Kier alpha value is -2.77. The first kappa shape index (κ1) is 14.8. The Kier molecular flexibility index (Phi) is 3.16. The molecule has 3 aliphatic heterocycles. The second kappa shape index (κ2) is 5.12. The molecule has 4 rings (SSSR count). The van der Waals surface area contributed by atoms with Gasteiger partial charge < -0.3 is 4.90 Å². The van der Waals surface area contributed by atoms with Gasteiger partial charge in [-0.05, 0) is 25.0 Å². The lowest BCUT2D eigenvalue weighted by atomic mass is 10.0. The molecule has 1 aromatic rings. The molecule has 0 bridgehead atoms. The highest BCUT2D eigenvalue weighted by Gasteiger charge is 2.45. The molecule has 3 aliphatic rings. The van der Waals surface area contributed by atoms with Gasteiger partial charge in [-0.15, -0.1) is 0 Å². The Bertz CT molecular complexity index is 803. The van der Waals surface area contributed by atoms with Crippen LogP contribution in [0.5, 0.6) is 0 Å². The van der Waals surface area contributed by atoms with Crippen LogP contribution in [0.25, 0.3) is 0 Å². The highest BCUT2D eigenvalue weighted by atomic mass is 19.1. The molecule has 2 fully saturated rings. The summed E-state index contributed by atoms with van der Waals surface area (Å²) in [7, 11) is 0. The average molecular weight is 331 g/mol. The number of amides is 4. The number of fused-ring (bicyclic) bond motifs is 1. The number of nitrogens with zero attached hydrogens (tertiary/aromatic N) is 2. The van der Waals surface area contributed by atoms with E-state index in [1.54, 1.807) is 4.90 Å². The van der Waals surface area contributed by atoms with Gasteiger partial charge >= 0.3 is 0 Å². The molecule has 0 saturated carbocycles. The second-order valence-electron chi connectivity index (χ2n) is 6.14. The van der Waals surface area contributed by atoms with Gasteiger partial charge in [0.1, 0.15) is 11.9 Å². The summed E-state index contributed by atoms with van der Waals surface area (Å²) in [4.78, 5) is 51.0. The monoisotopic (exact) mass is 331 g/mol. The molecule has 24 heavy (non-hydrogen) atoms. The Morgan fingerprint density at radius 3 is 2.29 bits per heavy atom. The van der Waals surface area contributed by atoms with Crippen LogP contribution in [-0.4, -0.2) is 47.7 Å². The number of benzene rings is 1. The van der Waals surface area contributed by atoms with E-state index < -0.39 is 35.5 Å². The molecule has 0 spiro atoms. The predicted molar refractivity (Wildman–Crippen MR) is 79.9 cm³/mol. The normalized spacial score (nSPS) is 23.3. The maximum Gasteiger partial charge on any atom is 0.262 e. The number of hydrogen-bond acceptors (Lipinski definition) is 5. The van der Waals surface area contributed by atoms with Crippen molar-refractivity contribution in [1.29, 1.82) is 0 Å². The number of halogens is 1. The molecule has 0 aromatic heterocycles. The summed E-state index contributed by atoms with van der Waals surface area (Å²) in [5, 5.41) is 2.13. The summed E-state index contributed by atoms with van der Waals surface area (Å²) in [6.07, 6.45) is 1.08. The van der Waals surface area contributed by atoms with Gasteiger partial charge in [-0.25, -0.2) is 4.39 Å². The number of hydrogen-bond donors (Lipinski definition) is 1. The summed E-state index contributed by atoms with van der Waals surface area (Å²) >= 11 is 0. The third-order valence-corrected chi connectivity index (χ3v) is 4.70. The zero-order chi connectivity index (χ0) is 17.0. The van der Waals surface area contributed by atoms with Crippen LogP contribution >= 0.6 is 0 Å². The molecule has 8 heteroatoms. The standard InChI is InChI=1S/C16H14FN3O4/c17-10-6-8-9(7-12(10)19-4-1-5-19)16(24)20(15(8)23)11-2-3-13(21)18-14(11)22/h6-7,11H,1-5H2,(H,18,21,22). The molecule has 0 radical (unpaired) electrons. The van der Waals surface area contributed by atoms with E-state index in [0.717, 1.165) is 17.4 Å². The van der Waals surface area contributed by atoms with Crippen molar-refractivity contribution in [1.82, 2.24) is 10.2 Å². The number of piperidine rings is 1. The van der Waals surface area contributed by atoms with Gasteiger partial charge in [-0.2, -0.15) is 0 Å². The van der Waals surface area contributed by atoms with Crippen molar-refractivity contribution >= 4 is 29.3 Å². The van der Waals surface area contributed by atoms with Crippen LogP contribution in [0.3, 0.4) is 0 Å². The van der Waals surface area contributed by atoms with Gasteiger partial charge in [-0.3, -0.25) is 29.4 Å². The van der Waals surface area contributed by atoms with Gasteiger partial charge in [0.15, 0.2) is 0 Å². The zero-order valence-electron chi connectivity index (χ0n) is 12.7. The molecule has 1 atom stereocenters. The Balaban J connectivity index is 1.70. The number of imide groups is 2. The van der Waals surface area contributed by atoms with Crippen molar-refractivity contribution in [2.24, 2.45) is 0 Å². The summed E-state index contributed by atoms with van der Waals surface area (Å²) < 4.78 is 14.3. The fourth-order valence-electron chi connectivity index (χ4n) is 3.28. The summed E-state index contributed by atoms with van der Waals surface area (Å²) in [5.41, 5.74) is 0.366. The third-order valence-electron chi connectivity index (χ3n) is 4.70. The van der Waals surface area contributed by atoms with E-state index in [1.165, 1.54) is 6.07 Å². The first-order valence-corrected chi connectivity index (χ1v) is 7.77. The van der Waals surface area contributed by atoms with Crippen LogP contribution in [0.4, 0.5) is 10.1 Å². The number of carbonyl (C=O) groups excluding carboxylic acids is 4. The first-order chi connectivity index (χ1) is 11.5. The number of rotatable bonds is 2. The summed E-state index contributed by atoms with van der Waals surface area (Å²) in [6, 6.07) is 1.41. The molecule has 2 saturated heterocycles. The molecule has 0 aliphatic carbocycles. The Labute approximate surface area is 136 Å². The zero-order valence-corrected chi connectivity index (χ0v) is 12.7. The van der Waals surface area contributed by atoms with Crippen LogP contribution in [0.15, 0.2) is 12.1 Å². The first-order valence-electron chi connectivity index (χ1n) is 7.77. The average Bonchev–Trinajstić information content (AvgIpc) is 2.70. The van der Waals surface area contributed by atoms with Crippen molar-refractivity contribution in [2.45, 2.75) is 25.3 Å². The van der Waals surface area contributed by atoms with Crippen LogP contribution in [-0.2, 0) is 9.59 Å². The number of carbonyl (C=O) groups is 4. The Morgan fingerprint density at radius 1 is 1.04 bits per heavy atom.